The van der Waals surface area contributed by atoms with Crippen molar-refractivity contribution in [1.29, 1.82) is 0 Å². The molecule has 0 amide bonds. The van der Waals surface area contributed by atoms with Crippen LogP contribution in [0.4, 0.5) is 0 Å². The van der Waals surface area contributed by atoms with E-state index >= 15 is 0 Å². The third-order valence-corrected chi connectivity index (χ3v) is 5.27. The average molecular weight is 290 g/mol. The molecule has 1 aromatic carbocycles. The van der Waals surface area contributed by atoms with Crippen LogP contribution >= 0.6 is 0 Å². The molecule has 1 saturated heterocycles. The van der Waals surface area contributed by atoms with Crippen LogP contribution in [0, 0.1) is 0 Å². The largest absolute Gasteiger partial charge is 0.504 e. The molecule has 0 aromatic heterocycles. The SMILES string of the molecule is COc1cc([C@@]23CC/C(=N/O)C[C@@H]2N(C)CC3)ccc1O. The number of methoxy groups -OCH3 is 1. The van der Waals surface area contributed by atoms with Gasteiger partial charge in [0.05, 0.1) is 12.8 Å². The third kappa shape index (κ3) is 2.16. The minimum atomic E-state index is 0.0594. The summed E-state index contributed by atoms with van der Waals surface area (Å²) in [5.41, 5.74) is 2.16. The van der Waals surface area contributed by atoms with Crippen molar-refractivity contribution >= 4 is 5.71 Å². The van der Waals surface area contributed by atoms with Crippen molar-refractivity contribution in [3.05, 3.63) is 23.8 Å². The zero-order valence-corrected chi connectivity index (χ0v) is 12.5. The Morgan fingerprint density at radius 1 is 1.38 bits per heavy atom. The van der Waals surface area contributed by atoms with E-state index < -0.39 is 0 Å². The predicted octanol–water partition coefficient (Wildman–Crippen LogP) is 2.36. The maximum absolute atomic E-state index is 9.82. The molecule has 0 bridgehead atoms. The molecule has 1 aromatic rings. The normalized spacial score (nSPS) is 31.3. The highest BCUT2D eigenvalue weighted by Gasteiger charge is 2.49. The number of oxime groups is 1. The fourth-order valence-electron chi connectivity index (χ4n) is 4.01. The van der Waals surface area contributed by atoms with Gasteiger partial charge in [-0.15, -0.1) is 0 Å². The van der Waals surface area contributed by atoms with Gasteiger partial charge in [0.2, 0.25) is 0 Å². The van der Waals surface area contributed by atoms with Gasteiger partial charge in [0, 0.05) is 17.9 Å². The lowest BCUT2D eigenvalue weighted by Crippen LogP contribution is -2.46. The van der Waals surface area contributed by atoms with E-state index in [2.05, 4.69) is 17.1 Å². The number of likely N-dealkylation sites (N-methyl/N-ethyl adjacent to an activating group) is 1. The van der Waals surface area contributed by atoms with Crippen LogP contribution < -0.4 is 4.74 Å². The number of rotatable bonds is 2. The molecule has 1 aliphatic heterocycles. The quantitative estimate of drug-likeness (QED) is 0.648. The Labute approximate surface area is 124 Å². The minimum absolute atomic E-state index is 0.0594. The van der Waals surface area contributed by atoms with Gasteiger partial charge in [-0.3, -0.25) is 0 Å². The van der Waals surface area contributed by atoms with Gasteiger partial charge in [0.15, 0.2) is 11.5 Å². The molecule has 1 saturated carbocycles. The molecule has 1 aliphatic carbocycles. The summed E-state index contributed by atoms with van der Waals surface area (Å²) < 4.78 is 5.26. The Balaban J connectivity index is 2.02. The number of benzene rings is 1. The van der Waals surface area contributed by atoms with Crippen LogP contribution in [0.25, 0.3) is 0 Å². The van der Waals surface area contributed by atoms with E-state index in [1.54, 1.807) is 13.2 Å². The number of hydrogen-bond donors (Lipinski definition) is 2. The Bertz CT molecular complexity index is 573. The maximum Gasteiger partial charge on any atom is 0.160 e. The van der Waals surface area contributed by atoms with Gasteiger partial charge in [-0.2, -0.15) is 0 Å². The molecular weight excluding hydrogens is 268 g/mol. The molecule has 114 valence electrons. The van der Waals surface area contributed by atoms with Crippen molar-refractivity contribution in [3.8, 4) is 11.5 Å². The summed E-state index contributed by atoms with van der Waals surface area (Å²) in [6.07, 6.45) is 3.68. The summed E-state index contributed by atoms with van der Waals surface area (Å²) in [7, 11) is 3.70. The first kappa shape index (κ1) is 14.2. The Kier molecular flexibility index (Phi) is 3.53. The summed E-state index contributed by atoms with van der Waals surface area (Å²) in [6.45, 7) is 1.03. The van der Waals surface area contributed by atoms with Crippen molar-refractivity contribution < 1.29 is 15.1 Å². The number of ether oxygens (including phenoxy) is 1. The third-order valence-electron chi connectivity index (χ3n) is 5.27. The molecular formula is C16H22N2O3. The number of fused-ring (bicyclic) bond motifs is 1. The molecule has 21 heavy (non-hydrogen) atoms. The van der Waals surface area contributed by atoms with Crippen LogP contribution in [0.15, 0.2) is 23.4 Å². The fraction of sp³-hybridized carbons (Fsp3) is 0.562. The Hall–Kier alpha value is -1.75. The molecule has 5 heteroatoms. The highest BCUT2D eigenvalue weighted by Crippen LogP contribution is 2.49. The van der Waals surface area contributed by atoms with Gasteiger partial charge in [0.25, 0.3) is 0 Å². The van der Waals surface area contributed by atoms with Crippen molar-refractivity contribution in [1.82, 2.24) is 4.90 Å². The zero-order valence-electron chi connectivity index (χ0n) is 12.5. The smallest absolute Gasteiger partial charge is 0.160 e. The standard InChI is InChI=1S/C16H22N2O3/c1-18-8-7-16(6-5-12(17-20)10-15(16)18)11-3-4-13(19)14(9-11)21-2/h3-4,9,15,19-20H,5-8,10H2,1-2H3/b17-12-/t15-,16-/m0/s1. The number of hydrogen-bond acceptors (Lipinski definition) is 5. The lowest BCUT2D eigenvalue weighted by atomic mass is 9.65. The van der Waals surface area contributed by atoms with Crippen LogP contribution in [0.3, 0.4) is 0 Å². The van der Waals surface area contributed by atoms with Gasteiger partial charge in [-0.05, 0) is 50.6 Å². The van der Waals surface area contributed by atoms with E-state index in [-0.39, 0.29) is 11.2 Å². The van der Waals surface area contributed by atoms with Gasteiger partial charge in [-0.25, -0.2) is 0 Å². The van der Waals surface area contributed by atoms with E-state index in [0.29, 0.717) is 11.8 Å². The highest BCUT2D eigenvalue weighted by atomic mass is 16.5. The molecule has 2 atom stereocenters. The van der Waals surface area contributed by atoms with Crippen molar-refractivity contribution in [3.63, 3.8) is 0 Å². The monoisotopic (exact) mass is 290 g/mol. The number of nitrogens with zero attached hydrogens (tertiary/aromatic N) is 2. The fourth-order valence-corrected chi connectivity index (χ4v) is 4.01. The first-order chi connectivity index (χ1) is 10.1. The second kappa shape index (κ2) is 5.22. The summed E-state index contributed by atoms with van der Waals surface area (Å²) in [5.74, 6) is 0.700. The van der Waals surface area contributed by atoms with Crippen LogP contribution in [0.2, 0.25) is 0 Å². The molecule has 2 N–H and O–H groups in total. The van der Waals surface area contributed by atoms with E-state index in [0.717, 1.165) is 37.9 Å². The van der Waals surface area contributed by atoms with E-state index in [1.165, 1.54) is 5.56 Å². The highest BCUT2D eigenvalue weighted by molar-refractivity contribution is 5.86. The minimum Gasteiger partial charge on any atom is -0.504 e. The Morgan fingerprint density at radius 2 is 2.19 bits per heavy atom. The molecule has 0 unspecified atom stereocenters. The van der Waals surface area contributed by atoms with E-state index in [4.69, 9.17) is 9.94 Å². The summed E-state index contributed by atoms with van der Waals surface area (Å²) in [6, 6.07) is 6.02. The van der Waals surface area contributed by atoms with Crippen molar-refractivity contribution in [2.45, 2.75) is 37.1 Å². The van der Waals surface area contributed by atoms with Gasteiger partial charge in [0.1, 0.15) is 0 Å². The predicted molar refractivity (Wildman–Crippen MR) is 80.4 cm³/mol. The second-order valence-corrected chi connectivity index (χ2v) is 6.16. The van der Waals surface area contributed by atoms with Crippen molar-refractivity contribution in [2.24, 2.45) is 5.16 Å². The number of phenols is 1. The molecule has 5 nitrogen and oxygen atoms in total. The van der Waals surface area contributed by atoms with Crippen LogP contribution in [0.1, 0.15) is 31.2 Å². The lowest BCUT2D eigenvalue weighted by molar-refractivity contribution is 0.220. The van der Waals surface area contributed by atoms with E-state index in [9.17, 15) is 5.11 Å². The second-order valence-electron chi connectivity index (χ2n) is 6.16. The zero-order chi connectivity index (χ0) is 15.0. The first-order valence-corrected chi connectivity index (χ1v) is 7.38. The molecule has 1 heterocycles. The molecule has 3 rings (SSSR count). The summed E-state index contributed by atoms with van der Waals surface area (Å²) in [4.78, 5) is 2.35. The number of aromatic hydroxyl groups is 1. The van der Waals surface area contributed by atoms with Crippen molar-refractivity contribution in [2.75, 3.05) is 20.7 Å². The molecule has 0 radical (unpaired) electrons. The van der Waals surface area contributed by atoms with Crippen LogP contribution in [-0.4, -0.2) is 47.7 Å². The van der Waals surface area contributed by atoms with E-state index in [1.807, 2.05) is 12.1 Å². The first-order valence-electron chi connectivity index (χ1n) is 7.38. The summed E-state index contributed by atoms with van der Waals surface area (Å²) >= 11 is 0. The molecule has 0 spiro atoms. The van der Waals surface area contributed by atoms with Crippen LogP contribution in [0.5, 0.6) is 11.5 Å². The Morgan fingerprint density at radius 3 is 2.90 bits per heavy atom. The lowest BCUT2D eigenvalue weighted by Gasteiger charge is -2.42. The van der Waals surface area contributed by atoms with Gasteiger partial charge < -0.3 is 20.0 Å². The van der Waals surface area contributed by atoms with Crippen LogP contribution in [-0.2, 0) is 5.41 Å². The molecule has 2 fully saturated rings. The number of phenolic OH excluding ortho intramolecular Hbond substituents is 1. The number of likely N-dealkylation sites (tertiary alicyclic amines) is 1. The van der Waals surface area contributed by atoms with Gasteiger partial charge >= 0.3 is 0 Å². The topological polar surface area (TPSA) is 65.3 Å². The summed E-state index contributed by atoms with van der Waals surface area (Å²) in [5, 5.41) is 22.3. The average Bonchev–Trinajstić information content (AvgIpc) is 2.85. The van der Waals surface area contributed by atoms with Gasteiger partial charge in [-0.1, -0.05) is 11.2 Å². The molecule has 2 aliphatic rings. The maximum atomic E-state index is 9.82.